The highest BCUT2D eigenvalue weighted by Crippen LogP contribution is 2.21. The molecule has 4 nitrogen and oxygen atoms in total. The predicted octanol–water partition coefficient (Wildman–Crippen LogP) is 2.18. The van der Waals surface area contributed by atoms with Gasteiger partial charge in [-0.05, 0) is 60.9 Å². The third-order valence-electron chi connectivity index (χ3n) is 3.28. The number of nitrogen functional groups attached to an aromatic ring is 1. The van der Waals surface area contributed by atoms with Crippen molar-refractivity contribution in [2.24, 2.45) is 5.92 Å². The zero-order valence-electron chi connectivity index (χ0n) is 10.1. The van der Waals surface area contributed by atoms with Gasteiger partial charge in [0.2, 0.25) is 0 Å². The standard InChI is InChI=1S/C12H19BrN4/c1-17-4-2-9(3-5-17)7-15-12-11(14)6-10(13)8-16-12/h6,8-9H,2-5,7,14H2,1H3,(H,15,16). The highest BCUT2D eigenvalue weighted by molar-refractivity contribution is 9.10. The van der Waals surface area contributed by atoms with Gasteiger partial charge in [-0.2, -0.15) is 0 Å². The molecule has 5 heteroatoms. The van der Waals surface area contributed by atoms with Gasteiger partial charge in [-0.25, -0.2) is 4.98 Å². The molecule has 0 unspecified atom stereocenters. The molecule has 1 aromatic heterocycles. The van der Waals surface area contributed by atoms with Gasteiger partial charge in [-0.1, -0.05) is 0 Å². The molecule has 0 bridgehead atoms. The molecule has 3 N–H and O–H groups in total. The molecule has 0 radical (unpaired) electrons. The van der Waals surface area contributed by atoms with E-state index < -0.39 is 0 Å². The van der Waals surface area contributed by atoms with Gasteiger partial charge < -0.3 is 16.0 Å². The number of anilines is 2. The van der Waals surface area contributed by atoms with Gasteiger partial charge in [0.25, 0.3) is 0 Å². The van der Waals surface area contributed by atoms with E-state index in [9.17, 15) is 0 Å². The van der Waals surface area contributed by atoms with Crippen LogP contribution in [0.5, 0.6) is 0 Å². The zero-order valence-corrected chi connectivity index (χ0v) is 11.7. The second-order valence-electron chi connectivity index (χ2n) is 4.72. The van der Waals surface area contributed by atoms with Crippen molar-refractivity contribution in [2.45, 2.75) is 12.8 Å². The van der Waals surface area contributed by atoms with Crippen LogP contribution in [0.4, 0.5) is 11.5 Å². The van der Waals surface area contributed by atoms with Gasteiger partial charge in [-0.3, -0.25) is 0 Å². The Bertz CT molecular complexity index is 375. The molecule has 0 aromatic carbocycles. The number of halogens is 1. The lowest BCUT2D eigenvalue weighted by Gasteiger charge is -2.29. The van der Waals surface area contributed by atoms with Crippen molar-refractivity contribution >= 4 is 27.4 Å². The minimum absolute atomic E-state index is 0.701. The molecular formula is C12H19BrN4. The van der Waals surface area contributed by atoms with E-state index in [1.807, 2.05) is 6.07 Å². The van der Waals surface area contributed by atoms with E-state index >= 15 is 0 Å². The van der Waals surface area contributed by atoms with Crippen LogP contribution in [-0.2, 0) is 0 Å². The first-order valence-corrected chi connectivity index (χ1v) is 6.78. The fourth-order valence-corrected chi connectivity index (χ4v) is 2.46. The lowest BCUT2D eigenvalue weighted by molar-refractivity contribution is 0.226. The van der Waals surface area contributed by atoms with E-state index in [-0.39, 0.29) is 0 Å². The summed E-state index contributed by atoms with van der Waals surface area (Å²) >= 11 is 3.35. The Hall–Kier alpha value is -0.810. The molecule has 1 aromatic rings. The van der Waals surface area contributed by atoms with Crippen molar-refractivity contribution < 1.29 is 0 Å². The van der Waals surface area contributed by atoms with Gasteiger partial charge in [0.05, 0.1) is 5.69 Å². The Morgan fingerprint density at radius 2 is 2.24 bits per heavy atom. The topological polar surface area (TPSA) is 54.2 Å². The number of hydrogen-bond acceptors (Lipinski definition) is 4. The fourth-order valence-electron chi connectivity index (χ4n) is 2.11. The first kappa shape index (κ1) is 12.6. The molecule has 1 fully saturated rings. The van der Waals surface area contributed by atoms with Crippen molar-refractivity contribution in [3.8, 4) is 0 Å². The number of nitrogens with two attached hydrogens (primary N) is 1. The minimum Gasteiger partial charge on any atom is -0.396 e. The maximum atomic E-state index is 5.90. The van der Waals surface area contributed by atoms with Gasteiger partial charge in [-0.15, -0.1) is 0 Å². The monoisotopic (exact) mass is 298 g/mol. The van der Waals surface area contributed by atoms with Crippen molar-refractivity contribution in [3.05, 3.63) is 16.7 Å². The number of hydrogen-bond donors (Lipinski definition) is 2. The van der Waals surface area contributed by atoms with Crippen molar-refractivity contribution in [2.75, 3.05) is 37.7 Å². The average molecular weight is 299 g/mol. The molecule has 0 aliphatic carbocycles. The first-order valence-electron chi connectivity index (χ1n) is 5.98. The van der Waals surface area contributed by atoms with Gasteiger partial charge in [0.1, 0.15) is 5.82 Å². The Balaban J connectivity index is 1.85. The quantitative estimate of drug-likeness (QED) is 0.898. The summed E-state index contributed by atoms with van der Waals surface area (Å²) in [5, 5.41) is 3.35. The number of rotatable bonds is 3. The van der Waals surface area contributed by atoms with E-state index in [4.69, 9.17) is 5.73 Å². The van der Waals surface area contributed by atoms with Crippen LogP contribution in [-0.4, -0.2) is 36.6 Å². The van der Waals surface area contributed by atoms with E-state index in [0.29, 0.717) is 5.69 Å². The normalized spacial score (nSPS) is 18.2. The highest BCUT2D eigenvalue weighted by atomic mass is 79.9. The van der Waals surface area contributed by atoms with E-state index in [0.717, 1.165) is 22.8 Å². The number of aromatic nitrogens is 1. The lowest BCUT2D eigenvalue weighted by atomic mass is 9.97. The summed E-state index contributed by atoms with van der Waals surface area (Å²) in [6.07, 6.45) is 4.27. The third-order valence-corrected chi connectivity index (χ3v) is 3.71. The fraction of sp³-hybridized carbons (Fsp3) is 0.583. The molecule has 1 aliphatic heterocycles. The molecule has 94 valence electrons. The first-order chi connectivity index (χ1) is 8.15. The third kappa shape index (κ3) is 3.57. The summed E-state index contributed by atoms with van der Waals surface area (Å²) in [7, 11) is 2.18. The Kier molecular flexibility index (Phi) is 4.23. The molecule has 0 atom stereocenters. The minimum atomic E-state index is 0.701. The summed E-state index contributed by atoms with van der Waals surface area (Å²) in [5.74, 6) is 1.53. The smallest absolute Gasteiger partial charge is 0.149 e. The van der Waals surface area contributed by atoms with Crippen LogP contribution in [0.3, 0.4) is 0 Å². The lowest BCUT2D eigenvalue weighted by Crippen LogP contribution is -2.33. The summed E-state index contributed by atoms with van der Waals surface area (Å²) < 4.78 is 0.917. The number of likely N-dealkylation sites (tertiary alicyclic amines) is 1. The van der Waals surface area contributed by atoms with E-state index in [1.165, 1.54) is 25.9 Å². The van der Waals surface area contributed by atoms with Crippen LogP contribution in [0.15, 0.2) is 16.7 Å². The number of pyridine rings is 1. The second kappa shape index (κ2) is 5.69. The van der Waals surface area contributed by atoms with Crippen LogP contribution in [0.1, 0.15) is 12.8 Å². The molecule has 17 heavy (non-hydrogen) atoms. The molecule has 2 rings (SSSR count). The Labute approximate surface area is 111 Å². The number of nitrogens with one attached hydrogen (secondary N) is 1. The molecule has 1 aliphatic rings. The van der Waals surface area contributed by atoms with Crippen molar-refractivity contribution in [1.82, 2.24) is 9.88 Å². The van der Waals surface area contributed by atoms with Crippen LogP contribution in [0, 0.1) is 5.92 Å². The van der Waals surface area contributed by atoms with Crippen molar-refractivity contribution in [3.63, 3.8) is 0 Å². The molecule has 0 saturated carbocycles. The molecule has 1 saturated heterocycles. The maximum Gasteiger partial charge on any atom is 0.149 e. The Morgan fingerprint density at radius 3 is 2.88 bits per heavy atom. The average Bonchev–Trinajstić information content (AvgIpc) is 2.30. The van der Waals surface area contributed by atoms with Crippen LogP contribution < -0.4 is 11.1 Å². The molecule has 0 amide bonds. The van der Waals surface area contributed by atoms with Crippen LogP contribution in [0.25, 0.3) is 0 Å². The van der Waals surface area contributed by atoms with Crippen LogP contribution in [0.2, 0.25) is 0 Å². The highest BCUT2D eigenvalue weighted by Gasteiger charge is 2.16. The largest absolute Gasteiger partial charge is 0.396 e. The maximum absolute atomic E-state index is 5.90. The van der Waals surface area contributed by atoms with E-state index in [2.05, 4.69) is 38.2 Å². The zero-order chi connectivity index (χ0) is 12.3. The predicted molar refractivity (Wildman–Crippen MR) is 75.1 cm³/mol. The van der Waals surface area contributed by atoms with Gasteiger partial charge in [0.15, 0.2) is 0 Å². The Morgan fingerprint density at radius 1 is 1.53 bits per heavy atom. The summed E-state index contributed by atoms with van der Waals surface area (Å²) in [4.78, 5) is 6.66. The van der Waals surface area contributed by atoms with E-state index in [1.54, 1.807) is 6.20 Å². The number of piperidine rings is 1. The summed E-state index contributed by atoms with van der Waals surface area (Å²) in [6.45, 7) is 3.35. The van der Waals surface area contributed by atoms with Crippen molar-refractivity contribution in [1.29, 1.82) is 0 Å². The summed E-state index contributed by atoms with van der Waals surface area (Å²) in [6, 6.07) is 1.88. The SMILES string of the molecule is CN1CCC(CNc2ncc(Br)cc2N)CC1. The second-order valence-corrected chi connectivity index (χ2v) is 5.63. The molecular weight excluding hydrogens is 280 g/mol. The van der Waals surface area contributed by atoms with Gasteiger partial charge in [0, 0.05) is 17.2 Å². The molecule has 0 spiro atoms. The summed E-state index contributed by atoms with van der Waals surface area (Å²) in [5.41, 5.74) is 6.60. The molecule has 2 heterocycles. The number of nitrogens with zero attached hydrogens (tertiary/aromatic N) is 2. The van der Waals surface area contributed by atoms with Gasteiger partial charge >= 0.3 is 0 Å². The van der Waals surface area contributed by atoms with Crippen LogP contribution >= 0.6 is 15.9 Å².